The van der Waals surface area contributed by atoms with E-state index in [9.17, 15) is 19.5 Å². The molecule has 0 aliphatic carbocycles. The zero-order valence-electron chi connectivity index (χ0n) is 18.1. The molecule has 6 N–H and O–H groups in total. The number of amides is 2. The maximum atomic E-state index is 13.0. The summed E-state index contributed by atoms with van der Waals surface area (Å²) < 4.78 is 0.704. The van der Waals surface area contributed by atoms with E-state index >= 15 is 0 Å². The molecule has 1 fully saturated rings. The number of hydrogen-bond acceptors (Lipinski definition) is 14. The molecule has 2 aromatic rings. The van der Waals surface area contributed by atoms with Crippen LogP contribution in [-0.2, 0) is 19.2 Å². The number of nitrogen functional groups attached to an aromatic ring is 1. The van der Waals surface area contributed by atoms with E-state index in [1.807, 2.05) is 0 Å². The second-order valence-corrected chi connectivity index (χ2v) is 11.3. The van der Waals surface area contributed by atoms with Crippen LogP contribution in [-0.4, -0.2) is 84.3 Å². The molecule has 1 saturated heterocycles. The number of carboxylic acids is 1. The normalized spacial score (nSPS) is 20.8. The summed E-state index contributed by atoms with van der Waals surface area (Å²) in [6.45, 7) is 1.86. The van der Waals surface area contributed by atoms with Crippen LogP contribution in [0.1, 0.15) is 12.6 Å². The molecule has 186 valence electrons. The highest BCUT2D eigenvalue weighted by Crippen LogP contribution is 2.41. The molecule has 1 unspecified atom stereocenters. The molecule has 0 aromatic carbocycles. The van der Waals surface area contributed by atoms with Crippen molar-refractivity contribution in [3.63, 3.8) is 0 Å². The summed E-state index contributed by atoms with van der Waals surface area (Å²) in [4.78, 5) is 48.5. The fourth-order valence-corrected chi connectivity index (χ4v) is 6.69. The van der Waals surface area contributed by atoms with Crippen molar-refractivity contribution in [1.29, 1.82) is 0 Å². The largest absolute Gasteiger partial charge is 0.477 e. The lowest BCUT2D eigenvalue weighted by atomic mass is 10.0. The number of oxime groups is 1. The number of carbonyl (C=O) groups is 3. The number of nitrogens with one attached hydrogen (secondary N) is 1. The number of fused-ring (bicyclic) bond motifs is 1. The van der Waals surface area contributed by atoms with Gasteiger partial charge in [-0.1, -0.05) is 28.3 Å². The van der Waals surface area contributed by atoms with Crippen molar-refractivity contribution >= 4 is 74.8 Å². The number of aliphatic carboxylic acids is 1. The quantitative estimate of drug-likeness (QED) is 0.134. The number of anilines is 1. The molecular formula is C18H20N8O5S4. The first kappa shape index (κ1) is 25.4. The van der Waals surface area contributed by atoms with Crippen LogP contribution < -0.4 is 16.8 Å². The number of carboxylic acid groups (broad SMARTS) is 1. The maximum absolute atomic E-state index is 13.0. The summed E-state index contributed by atoms with van der Waals surface area (Å²) in [5, 5.41) is 25.2. The molecule has 35 heavy (non-hydrogen) atoms. The molecule has 2 aliphatic rings. The summed E-state index contributed by atoms with van der Waals surface area (Å²) in [5.74, 6) is -1.69. The van der Waals surface area contributed by atoms with Gasteiger partial charge in [0.05, 0.1) is 0 Å². The van der Waals surface area contributed by atoms with Crippen molar-refractivity contribution in [2.45, 2.75) is 28.8 Å². The summed E-state index contributed by atoms with van der Waals surface area (Å²) in [6.07, 6.45) is -0.455. The Kier molecular flexibility index (Phi) is 7.90. The number of nitrogens with two attached hydrogens (primary N) is 2. The standard InChI is InChI=1S/C18H20N8O5S4/c1-7(2-19)31-25-10(9-5-33-17(20)22-9)13(27)23-11-14(28)26-12(16(29)30)8(3-32-15(11)26)4-34-18-24-21-6-35-18/h5-7,11,15H,2-4,19H2,1H3,(H2,20,22)(H,23,27)(H,29,30)/b25-10+/t7-,11?,15+/m0/s1. The molecule has 4 rings (SSSR count). The average molecular weight is 557 g/mol. The number of thiazole rings is 1. The minimum absolute atomic E-state index is 0.0671. The minimum Gasteiger partial charge on any atom is -0.477 e. The Bertz CT molecular complexity index is 1180. The monoisotopic (exact) mass is 556 g/mol. The summed E-state index contributed by atoms with van der Waals surface area (Å²) in [6, 6.07) is -0.938. The van der Waals surface area contributed by atoms with E-state index in [1.54, 1.807) is 17.8 Å². The molecular weight excluding hydrogens is 537 g/mol. The van der Waals surface area contributed by atoms with Crippen molar-refractivity contribution in [3.05, 3.63) is 27.9 Å². The lowest BCUT2D eigenvalue weighted by Gasteiger charge is -2.49. The molecule has 0 saturated carbocycles. The zero-order valence-corrected chi connectivity index (χ0v) is 21.4. The van der Waals surface area contributed by atoms with Gasteiger partial charge in [-0.05, 0) is 12.5 Å². The Balaban J connectivity index is 1.49. The van der Waals surface area contributed by atoms with E-state index < -0.39 is 35.3 Å². The van der Waals surface area contributed by atoms with Crippen molar-refractivity contribution < 1.29 is 24.3 Å². The number of aromatic nitrogens is 3. The van der Waals surface area contributed by atoms with Crippen LogP contribution in [0.4, 0.5) is 5.13 Å². The van der Waals surface area contributed by atoms with Gasteiger partial charge in [-0.2, -0.15) is 0 Å². The van der Waals surface area contributed by atoms with Gasteiger partial charge in [0, 0.05) is 23.4 Å². The van der Waals surface area contributed by atoms with Crippen LogP contribution >= 0.6 is 46.2 Å². The molecule has 2 aromatic heterocycles. The molecule has 4 heterocycles. The Morgan fingerprint density at radius 1 is 1.46 bits per heavy atom. The third-order valence-electron chi connectivity index (χ3n) is 4.88. The molecule has 13 nitrogen and oxygen atoms in total. The zero-order chi connectivity index (χ0) is 25.1. The first-order chi connectivity index (χ1) is 16.8. The van der Waals surface area contributed by atoms with Gasteiger partial charge < -0.3 is 26.7 Å². The fourth-order valence-electron chi connectivity index (χ4n) is 3.17. The molecule has 2 aliphatic heterocycles. The Morgan fingerprint density at radius 2 is 2.26 bits per heavy atom. The van der Waals surface area contributed by atoms with Gasteiger partial charge in [0.25, 0.3) is 11.8 Å². The van der Waals surface area contributed by atoms with Crippen molar-refractivity contribution in [2.75, 3.05) is 23.8 Å². The van der Waals surface area contributed by atoms with Gasteiger partial charge in [-0.25, -0.2) is 9.78 Å². The predicted molar refractivity (Wildman–Crippen MR) is 133 cm³/mol. The first-order valence-electron chi connectivity index (χ1n) is 10.0. The van der Waals surface area contributed by atoms with Crippen LogP contribution in [0.25, 0.3) is 0 Å². The van der Waals surface area contributed by atoms with Crippen molar-refractivity contribution in [2.24, 2.45) is 10.9 Å². The van der Waals surface area contributed by atoms with E-state index in [-0.39, 0.29) is 28.8 Å². The third kappa shape index (κ3) is 5.43. The van der Waals surface area contributed by atoms with Crippen molar-refractivity contribution in [1.82, 2.24) is 25.4 Å². The smallest absolute Gasteiger partial charge is 0.352 e. The van der Waals surface area contributed by atoms with Gasteiger partial charge in [-0.15, -0.1) is 33.3 Å². The highest BCUT2D eigenvalue weighted by Gasteiger charge is 2.54. The van der Waals surface area contributed by atoms with Crippen LogP contribution in [0, 0.1) is 0 Å². The van der Waals surface area contributed by atoms with Gasteiger partial charge in [-0.3, -0.25) is 14.5 Å². The Morgan fingerprint density at radius 3 is 2.89 bits per heavy atom. The molecule has 3 atom stereocenters. The van der Waals surface area contributed by atoms with E-state index in [4.69, 9.17) is 16.3 Å². The SMILES string of the molecule is C[C@@H](CN)O/N=C(/C(=O)NC1C(=O)N2C(C(=O)O)=C(CSc3nncs3)CS[C@H]12)c1csc(N)n1. The van der Waals surface area contributed by atoms with E-state index in [1.165, 1.54) is 39.8 Å². The lowest BCUT2D eigenvalue weighted by molar-refractivity contribution is -0.150. The van der Waals surface area contributed by atoms with Crippen LogP contribution in [0.3, 0.4) is 0 Å². The maximum Gasteiger partial charge on any atom is 0.352 e. The minimum atomic E-state index is -1.20. The van der Waals surface area contributed by atoms with Gasteiger partial charge >= 0.3 is 5.97 Å². The summed E-state index contributed by atoms with van der Waals surface area (Å²) >= 11 is 5.19. The molecule has 2 amide bonds. The second-order valence-electron chi connectivity index (χ2n) is 7.27. The molecule has 0 spiro atoms. The van der Waals surface area contributed by atoms with E-state index in [2.05, 4.69) is 25.7 Å². The van der Waals surface area contributed by atoms with E-state index in [0.29, 0.717) is 21.4 Å². The number of β-lactam (4-membered cyclic amide) rings is 1. The highest BCUT2D eigenvalue weighted by molar-refractivity contribution is 8.01. The number of rotatable bonds is 10. The van der Waals surface area contributed by atoms with Gasteiger partial charge in [0.15, 0.2) is 15.2 Å². The van der Waals surface area contributed by atoms with Crippen molar-refractivity contribution in [3.8, 4) is 0 Å². The fraction of sp³-hybridized carbons (Fsp3) is 0.389. The molecule has 17 heteroatoms. The number of hydrogen-bond donors (Lipinski definition) is 4. The van der Waals surface area contributed by atoms with Gasteiger partial charge in [0.2, 0.25) is 0 Å². The highest BCUT2D eigenvalue weighted by atomic mass is 32.2. The van der Waals surface area contributed by atoms with Crippen LogP contribution in [0.15, 0.2) is 31.7 Å². The summed E-state index contributed by atoms with van der Waals surface area (Å²) in [5.41, 5.74) is 13.4. The average Bonchev–Trinajstić information content (AvgIpc) is 3.52. The molecule has 0 bridgehead atoms. The topological polar surface area (TPSA) is 199 Å². The number of nitrogens with zero attached hydrogens (tertiary/aromatic N) is 5. The third-order valence-corrected chi connectivity index (χ3v) is 8.84. The number of carbonyl (C=O) groups excluding carboxylic acids is 2. The van der Waals surface area contributed by atoms with E-state index in [0.717, 1.165) is 11.3 Å². The first-order valence-corrected chi connectivity index (χ1v) is 13.8. The number of thioether (sulfide) groups is 2. The Labute approximate surface area is 215 Å². The summed E-state index contributed by atoms with van der Waals surface area (Å²) in [7, 11) is 0. The Hall–Kier alpha value is -2.73. The van der Waals surface area contributed by atoms with Gasteiger partial charge in [0.1, 0.15) is 34.4 Å². The van der Waals surface area contributed by atoms with Crippen LogP contribution in [0.5, 0.6) is 0 Å². The second kappa shape index (κ2) is 10.9. The molecule has 0 radical (unpaired) electrons. The predicted octanol–water partition coefficient (Wildman–Crippen LogP) is 0.176. The lowest BCUT2D eigenvalue weighted by Crippen LogP contribution is -2.71. The van der Waals surface area contributed by atoms with Crippen LogP contribution in [0.2, 0.25) is 0 Å².